The van der Waals surface area contributed by atoms with Crippen LogP contribution in [0.2, 0.25) is 0 Å². The predicted octanol–water partition coefficient (Wildman–Crippen LogP) is 4.24. The topological polar surface area (TPSA) is 153 Å². The fourth-order valence-electron chi connectivity index (χ4n) is 3.26. The number of halogens is 1. The van der Waals surface area contributed by atoms with Gasteiger partial charge in [0.1, 0.15) is 17.0 Å². The minimum atomic E-state index is -1.54. The number of benzene rings is 2. The highest BCUT2D eigenvalue weighted by molar-refractivity contribution is 7.13. The van der Waals surface area contributed by atoms with Crippen LogP contribution in [-0.4, -0.2) is 42.1 Å². The van der Waals surface area contributed by atoms with Gasteiger partial charge < -0.3 is 39.8 Å². The molecule has 2 aromatic carbocycles. The molecule has 0 spiro atoms. The first-order valence-corrected chi connectivity index (χ1v) is 10.7. The highest BCUT2D eigenvalue weighted by atomic mass is 32.1. The van der Waals surface area contributed by atoms with Crippen LogP contribution in [0.4, 0.5) is 20.6 Å². The van der Waals surface area contributed by atoms with Crippen LogP contribution in [0.1, 0.15) is 25.6 Å². The van der Waals surface area contributed by atoms with Gasteiger partial charge in [-0.25, -0.2) is 18.8 Å². The molecular weight excluding hydrogens is 487 g/mol. The van der Waals surface area contributed by atoms with Gasteiger partial charge in [0.05, 0.1) is 18.5 Å². The summed E-state index contributed by atoms with van der Waals surface area (Å²) in [6, 6.07) is 6.48. The standard InChI is InChI=1S/C22H17FN2O9S/c1-31-15-5-11(23)12(6-16(15)32-7-10-3-2-4-14-18(10)34-9-33-14)24-22(30)25-13-8-35-19(21(28)29)17(13)20(26)27/h2-6,8H,7,9H2,1H3,(H,26,27)(H,28,29)(H2,24,25,30). The number of rotatable bonds is 8. The Morgan fingerprint density at radius 2 is 1.86 bits per heavy atom. The van der Waals surface area contributed by atoms with E-state index in [1.165, 1.54) is 13.2 Å². The maximum atomic E-state index is 14.6. The molecule has 0 atom stereocenters. The Bertz CT molecular complexity index is 1320. The first-order valence-electron chi connectivity index (χ1n) is 9.82. The molecule has 0 aliphatic carbocycles. The van der Waals surface area contributed by atoms with Gasteiger partial charge in [-0.3, -0.25) is 0 Å². The second-order valence-corrected chi connectivity index (χ2v) is 7.85. The number of ether oxygens (including phenoxy) is 4. The number of carboxylic acids is 2. The molecule has 0 saturated carbocycles. The van der Waals surface area contributed by atoms with Crippen molar-refractivity contribution in [2.45, 2.75) is 6.61 Å². The molecule has 0 radical (unpaired) electrons. The average Bonchev–Trinajstić information content (AvgIpc) is 3.46. The highest BCUT2D eigenvalue weighted by Gasteiger charge is 2.25. The molecule has 0 fully saturated rings. The Labute approximate surface area is 200 Å². The summed E-state index contributed by atoms with van der Waals surface area (Å²) in [5.74, 6) is -2.58. The Morgan fingerprint density at radius 3 is 2.57 bits per heavy atom. The van der Waals surface area contributed by atoms with Crippen LogP contribution in [0, 0.1) is 5.82 Å². The number of hydrogen-bond donors (Lipinski definition) is 4. The minimum Gasteiger partial charge on any atom is -0.493 e. The summed E-state index contributed by atoms with van der Waals surface area (Å²) in [5.41, 5.74) is -0.449. The molecular formula is C22H17FN2O9S. The summed E-state index contributed by atoms with van der Waals surface area (Å²) in [4.78, 5) is 34.6. The van der Waals surface area contributed by atoms with Crippen LogP contribution in [0.5, 0.6) is 23.0 Å². The minimum absolute atomic E-state index is 0.0228. The van der Waals surface area contributed by atoms with Gasteiger partial charge in [0.25, 0.3) is 0 Å². The van der Waals surface area contributed by atoms with E-state index in [1.54, 1.807) is 18.2 Å². The first-order chi connectivity index (χ1) is 16.8. The summed E-state index contributed by atoms with van der Waals surface area (Å²) in [6.07, 6.45) is 0. The van der Waals surface area contributed by atoms with Crippen molar-refractivity contribution in [1.29, 1.82) is 0 Å². The lowest BCUT2D eigenvalue weighted by molar-refractivity contribution is 0.0657. The zero-order valence-electron chi connectivity index (χ0n) is 17.9. The summed E-state index contributed by atoms with van der Waals surface area (Å²) < 4.78 is 36.3. The Hall–Kier alpha value is -4.52. The normalized spacial score (nSPS) is 11.6. The number of nitrogens with one attached hydrogen (secondary N) is 2. The van der Waals surface area contributed by atoms with Gasteiger partial charge in [0, 0.05) is 23.1 Å². The molecule has 4 rings (SSSR count). The number of aromatic carboxylic acids is 2. The van der Waals surface area contributed by atoms with Gasteiger partial charge in [-0.2, -0.15) is 0 Å². The molecule has 1 aliphatic rings. The molecule has 1 aromatic heterocycles. The molecule has 35 heavy (non-hydrogen) atoms. The van der Waals surface area contributed by atoms with Crippen molar-refractivity contribution in [2.75, 3.05) is 24.5 Å². The van der Waals surface area contributed by atoms with Crippen molar-refractivity contribution in [1.82, 2.24) is 0 Å². The third kappa shape index (κ3) is 4.89. The molecule has 13 heteroatoms. The molecule has 2 amide bonds. The predicted molar refractivity (Wildman–Crippen MR) is 121 cm³/mol. The number of carbonyl (C=O) groups is 3. The fraction of sp³-hybridized carbons (Fsp3) is 0.136. The Kier molecular flexibility index (Phi) is 6.59. The maximum Gasteiger partial charge on any atom is 0.346 e. The highest BCUT2D eigenvalue weighted by Crippen LogP contribution is 2.38. The number of methoxy groups -OCH3 is 1. The number of thiophene rings is 1. The summed E-state index contributed by atoms with van der Waals surface area (Å²) in [5, 5.41) is 24.1. The largest absolute Gasteiger partial charge is 0.493 e. The van der Waals surface area contributed by atoms with Crippen molar-refractivity contribution < 1.29 is 47.9 Å². The third-order valence-electron chi connectivity index (χ3n) is 4.81. The van der Waals surface area contributed by atoms with Gasteiger partial charge in [-0.1, -0.05) is 12.1 Å². The fourth-order valence-corrected chi connectivity index (χ4v) is 4.09. The first kappa shape index (κ1) is 23.6. The lowest BCUT2D eigenvalue weighted by Gasteiger charge is -2.15. The molecule has 2 heterocycles. The van der Waals surface area contributed by atoms with Crippen molar-refractivity contribution in [3.63, 3.8) is 0 Å². The maximum absolute atomic E-state index is 14.6. The third-order valence-corrected chi connectivity index (χ3v) is 5.78. The van der Waals surface area contributed by atoms with Crippen LogP contribution >= 0.6 is 11.3 Å². The monoisotopic (exact) mass is 504 g/mol. The second-order valence-electron chi connectivity index (χ2n) is 6.97. The molecule has 0 unspecified atom stereocenters. The molecule has 11 nitrogen and oxygen atoms in total. The molecule has 1 aliphatic heterocycles. The number of carbonyl (C=O) groups excluding carboxylic acids is 1. The van der Waals surface area contributed by atoms with Crippen molar-refractivity contribution in [2.24, 2.45) is 0 Å². The smallest absolute Gasteiger partial charge is 0.346 e. The second kappa shape index (κ2) is 9.77. The summed E-state index contributed by atoms with van der Waals surface area (Å²) >= 11 is 0.632. The lowest BCUT2D eigenvalue weighted by atomic mass is 10.2. The number of carboxylic acid groups (broad SMARTS) is 2. The van der Waals surface area contributed by atoms with Gasteiger partial charge in [-0.05, 0) is 6.07 Å². The van der Waals surface area contributed by atoms with E-state index < -0.39 is 34.2 Å². The zero-order chi connectivity index (χ0) is 25.1. The molecule has 4 N–H and O–H groups in total. The van der Waals surface area contributed by atoms with Crippen LogP contribution in [0.15, 0.2) is 35.7 Å². The van der Waals surface area contributed by atoms with Crippen LogP contribution in [-0.2, 0) is 6.61 Å². The average molecular weight is 504 g/mol. The van der Waals surface area contributed by atoms with Crippen molar-refractivity contribution in [3.05, 3.63) is 57.5 Å². The lowest BCUT2D eigenvalue weighted by Crippen LogP contribution is -2.21. The zero-order valence-corrected chi connectivity index (χ0v) is 18.7. The van der Waals surface area contributed by atoms with E-state index in [9.17, 15) is 23.9 Å². The number of anilines is 2. The van der Waals surface area contributed by atoms with E-state index in [-0.39, 0.29) is 36.3 Å². The van der Waals surface area contributed by atoms with Crippen molar-refractivity contribution >= 4 is 40.7 Å². The van der Waals surface area contributed by atoms with Gasteiger partial charge >= 0.3 is 18.0 Å². The van der Waals surface area contributed by atoms with Crippen LogP contribution < -0.4 is 29.6 Å². The molecule has 0 bridgehead atoms. The number of amides is 2. The van der Waals surface area contributed by atoms with E-state index >= 15 is 0 Å². The van der Waals surface area contributed by atoms with Gasteiger partial charge in [0.2, 0.25) is 6.79 Å². The Morgan fingerprint density at radius 1 is 1.09 bits per heavy atom. The van der Waals surface area contributed by atoms with Crippen LogP contribution in [0.25, 0.3) is 0 Å². The van der Waals surface area contributed by atoms with E-state index in [0.29, 0.717) is 28.4 Å². The van der Waals surface area contributed by atoms with Crippen molar-refractivity contribution in [3.8, 4) is 23.0 Å². The molecule has 182 valence electrons. The SMILES string of the molecule is COc1cc(F)c(NC(=O)Nc2csc(C(=O)O)c2C(=O)O)cc1OCc1cccc2c1OCO2. The van der Waals surface area contributed by atoms with E-state index in [4.69, 9.17) is 24.1 Å². The molecule has 0 saturated heterocycles. The number of fused-ring (bicyclic) bond motifs is 1. The van der Waals surface area contributed by atoms with E-state index in [1.807, 2.05) is 0 Å². The summed E-state index contributed by atoms with van der Waals surface area (Å²) in [6.45, 7) is 0.103. The van der Waals surface area contributed by atoms with Gasteiger partial charge in [0.15, 0.2) is 28.8 Å². The van der Waals surface area contributed by atoms with E-state index in [2.05, 4.69) is 10.6 Å². The summed E-state index contributed by atoms with van der Waals surface area (Å²) in [7, 11) is 1.32. The Balaban J connectivity index is 1.52. The van der Waals surface area contributed by atoms with Gasteiger partial charge in [-0.15, -0.1) is 11.3 Å². The number of urea groups is 1. The number of para-hydroxylation sites is 1. The van der Waals surface area contributed by atoms with Crippen LogP contribution in [0.3, 0.4) is 0 Å². The number of hydrogen-bond acceptors (Lipinski definition) is 8. The van der Waals surface area contributed by atoms with E-state index in [0.717, 1.165) is 11.4 Å². The quantitative estimate of drug-likeness (QED) is 0.353. The molecule has 3 aromatic rings.